The molecule has 0 radical (unpaired) electrons. The number of rotatable bonds is 4. The first-order valence-electron chi connectivity index (χ1n) is 4.99. The molecule has 0 saturated carbocycles. The van der Waals surface area contributed by atoms with Gasteiger partial charge in [-0.2, -0.15) is 0 Å². The Hall–Kier alpha value is -0.176. The average Bonchev–Trinajstić information content (AvgIpc) is 1.75. The molecule has 1 atom stereocenters. The van der Waals surface area contributed by atoms with Crippen LogP contribution >= 0.6 is 0 Å². The van der Waals surface area contributed by atoms with E-state index in [2.05, 4.69) is 0 Å². The second-order valence-electron chi connectivity index (χ2n) is 5.70. The lowest BCUT2D eigenvalue weighted by atomic mass is 10.3. The van der Waals surface area contributed by atoms with Crippen LogP contribution in [0.2, 0.25) is 39.3 Å². The van der Waals surface area contributed by atoms with Gasteiger partial charge >= 0.3 is 5.97 Å². The van der Waals surface area contributed by atoms with Crippen molar-refractivity contribution < 1.29 is 18.8 Å². The molecule has 0 rings (SSSR count). The van der Waals surface area contributed by atoms with E-state index in [1.165, 1.54) is 6.92 Å². The molecule has 0 fully saturated rings. The van der Waals surface area contributed by atoms with Crippen molar-refractivity contribution >= 4 is 22.6 Å². The van der Waals surface area contributed by atoms with E-state index in [9.17, 15) is 9.90 Å². The van der Waals surface area contributed by atoms with Gasteiger partial charge in [0.15, 0.2) is 8.32 Å². The van der Waals surface area contributed by atoms with Gasteiger partial charge in [0.1, 0.15) is 0 Å². The fraction of sp³-hybridized carbons (Fsp3) is 0.889. The molecule has 0 aromatic heterocycles. The van der Waals surface area contributed by atoms with Crippen molar-refractivity contribution in [2.45, 2.75) is 52.0 Å². The molecule has 1 N–H and O–H groups in total. The minimum atomic E-state index is -1.98. The molecule has 15 heavy (non-hydrogen) atoms. The van der Waals surface area contributed by atoms with E-state index in [0.717, 1.165) is 0 Å². The second-order valence-corrected chi connectivity index (χ2v) is 14.6. The highest BCUT2D eigenvalue weighted by Gasteiger charge is 2.40. The van der Waals surface area contributed by atoms with Crippen molar-refractivity contribution in [3.8, 4) is 0 Å². The summed E-state index contributed by atoms with van der Waals surface area (Å²) in [5.74, 6) is -2.49. The van der Waals surface area contributed by atoms with Crippen molar-refractivity contribution in [3.63, 3.8) is 0 Å². The molecule has 4 nitrogen and oxygen atoms in total. The smallest absolute Gasteiger partial charge is 0.352 e. The predicted molar refractivity (Wildman–Crippen MR) is 64.5 cm³/mol. The molecule has 0 bridgehead atoms. The molecule has 6 heteroatoms. The number of carbonyl (C=O) groups is 1. The van der Waals surface area contributed by atoms with Crippen molar-refractivity contribution in [1.82, 2.24) is 0 Å². The summed E-state index contributed by atoms with van der Waals surface area (Å²) < 4.78 is 10.6. The Bertz CT molecular complexity index is 237. The molecule has 0 spiro atoms. The lowest BCUT2D eigenvalue weighted by Gasteiger charge is -2.31. The Morgan fingerprint density at radius 2 is 1.47 bits per heavy atom. The molecule has 0 heterocycles. The molecule has 0 aliphatic carbocycles. The molecular formula is C9H22O4Si2. The number of hydrogen-bond acceptors (Lipinski definition) is 4. The molecule has 0 amide bonds. The third-order valence-corrected chi connectivity index (χ3v) is 3.09. The van der Waals surface area contributed by atoms with Gasteiger partial charge in [-0.1, -0.05) is 0 Å². The van der Waals surface area contributed by atoms with Crippen molar-refractivity contribution in [3.05, 3.63) is 0 Å². The maximum atomic E-state index is 11.6. The molecule has 0 aromatic rings. The topological polar surface area (TPSA) is 55.8 Å². The Balaban J connectivity index is 4.54. The van der Waals surface area contributed by atoms with Crippen LogP contribution in [-0.4, -0.2) is 33.5 Å². The lowest BCUT2D eigenvalue weighted by molar-refractivity contribution is -0.188. The van der Waals surface area contributed by atoms with Crippen LogP contribution in [0.5, 0.6) is 0 Å². The number of aliphatic hydroxyl groups is 1. The number of hydrogen-bond donors (Lipinski definition) is 1. The van der Waals surface area contributed by atoms with Gasteiger partial charge in [0.2, 0.25) is 8.32 Å². The summed E-state index contributed by atoms with van der Waals surface area (Å²) in [5.41, 5.74) is 0. The lowest BCUT2D eigenvalue weighted by Crippen LogP contribution is -2.50. The van der Waals surface area contributed by atoms with Crippen LogP contribution in [0.3, 0.4) is 0 Å². The SMILES string of the molecule is CC(O)(O[Si](C)(C)C)C(=O)O[Si](C)(C)C. The highest BCUT2D eigenvalue weighted by Crippen LogP contribution is 2.18. The average molecular weight is 250 g/mol. The van der Waals surface area contributed by atoms with E-state index in [1.807, 2.05) is 39.3 Å². The van der Waals surface area contributed by atoms with Crippen molar-refractivity contribution in [2.24, 2.45) is 0 Å². The second kappa shape index (κ2) is 4.36. The van der Waals surface area contributed by atoms with Crippen LogP contribution < -0.4 is 0 Å². The fourth-order valence-corrected chi connectivity index (χ4v) is 3.03. The highest BCUT2D eigenvalue weighted by atomic mass is 28.4. The van der Waals surface area contributed by atoms with E-state index in [1.54, 1.807) is 0 Å². The predicted octanol–water partition coefficient (Wildman–Crippen LogP) is 1.92. The van der Waals surface area contributed by atoms with E-state index in [4.69, 9.17) is 8.85 Å². The molecular weight excluding hydrogens is 228 g/mol. The molecule has 0 aliphatic rings. The quantitative estimate of drug-likeness (QED) is 0.612. The van der Waals surface area contributed by atoms with Crippen LogP contribution in [0.15, 0.2) is 0 Å². The normalized spacial score (nSPS) is 17.1. The third kappa shape index (κ3) is 6.83. The van der Waals surface area contributed by atoms with Gasteiger partial charge in [0, 0.05) is 6.92 Å². The van der Waals surface area contributed by atoms with Crippen LogP contribution in [0.25, 0.3) is 0 Å². The monoisotopic (exact) mass is 250 g/mol. The first-order chi connectivity index (χ1) is 6.33. The van der Waals surface area contributed by atoms with Crippen LogP contribution in [0.4, 0.5) is 0 Å². The van der Waals surface area contributed by atoms with Crippen LogP contribution in [-0.2, 0) is 13.6 Å². The molecule has 0 aliphatic heterocycles. The van der Waals surface area contributed by atoms with Crippen LogP contribution in [0.1, 0.15) is 6.92 Å². The third-order valence-electron chi connectivity index (χ3n) is 1.28. The maximum absolute atomic E-state index is 11.6. The van der Waals surface area contributed by atoms with E-state index in [-0.39, 0.29) is 0 Å². The van der Waals surface area contributed by atoms with Gasteiger partial charge in [0.05, 0.1) is 0 Å². The van der Waals surface area contributed by atoms with Crippen molar-refractivity contribution in [2.75, 3.05) is 0 Å². The Morgan fingerprint density at radius 3 is 1.73 bits per heavy atom. The van der Waals surface area contributed by atoms with E-state index >= 15 is 0 Å². The molecule has 90 valence electrons. The fourth-order valence-electron chi connectivity index (χ4n) is 1.01. The Kier molecular flexibility index (Phi) is 4.31. The first-order valence-corrected chi connectivity index (χ1v) is 11.8. The summed E-state index contributed by atoms with van der Waals surface area (Å²) in [6.07, 6.45) is 0. The zero-order chi connectivity index (χ0) is 12.5. The highest BCUT2D eigenvalue weighted by molar-refractivity contribution is 6.71. The van der Waals surface area contributed by atoms with E-state index < -0.39 is 28.4 Å². The summed E-state index contributed by atoms with van der Waals surface area (Å²) in [7, 11) is -3.95. The zero-order valence-corrected chi connectivity index (χ0v) is 12.7. The first kappa shape index (κ1) is 14.8. The van der Waals surface area contributed by atoms with Gasteiger partial charge in [-0.05, 0) is 39.3 Å². The largest absolute Gasteiger partial charge is 0.516 e. The minimum Gasteiger partial charge on any atom is -0.516 e. The van der Waals surface area contributed by atoms with Gasteiger partial charge in [-0.25, -0.2) is 4.79 Å². The van der Waals surface area contributed by atoms with Gasteiger partial charge in [-0.3, -0.25) is 0 Å². The number of carbonyl (C=O) groups excluding carboxylic acids is 1. The molecule has 0 aromatic carbocycles. The van der Waals surface area contributed by atoms with Crippen molar-refractivity contribution in [1.29, 1.82) is 0 Å². The van der Waals surface area contributed by atoms with Gasteiger partial charge < -0.3 is 14.0 Å². The standard InChI is InChI=1S/C9H22O4Si2/c1-9(11,13-15(5,6)7)8(10)12-14(2,3)4/h11H,1-7H3. The summed E-state index contributed by atoms with van der Waals surface area (Å²) in [6, 6.07) is 0. The summed E-state index contributed by atoms with van der Waals surface area (Å²) in [4.78, 5) is 11.6. The van der Waals surface area contributed by atoms with Gasteiger partial charge in [0.25, 0.3) is 5.79 Å². The molecule has 0 saturated heterocycles. The zero-order valence-electron chi connectivity index (χ0n) is 10.7. The van der Waals surface area contributed by atoms with E-state index in [0.29, 0.717) is 0 Å². The summed E-state index contributed by atoms with van der Waals surface area (Å²) >= 11 is 0. The Labute approximate surface area is 93.9 Å². The van der Waals surface area contributed by atoms with Gasteiger partial charge in [-0.15, -0.1) is 0 Å². The van der Waals surface area contributed by atoms with Crippen LogP contribution in [0, 0.1) is 0 Å². The Morgan fingerprint density at radius 1 is 1.07 bits per heavy atom. The molecule has 1 unspecified atom stereocenters. The maximum Gasteiger partial charge on any atom is 0.352 e. The minimum absolute atomic E-state index is 0.677. The summed E-state index contributed by atoms with van der Waals surface area (Å²) in [6.45, 7) is 12.7. The summed E-state index contributed by atoms with van der Waals surface area (Å²) in [5, 5.41) is 9.84.